The molecule has 0 aromatic rings. The van der Waals surface area contributed by atoms with Crippen molar-refractivity contribution in [3.05, 3.63) is 11.1 Å². The topological polar surface area (TPSA) is 121 Å². The minimum atomic E-state index is -1.51. The first-order valence-electron chi connectivity index (χ1n) is 10.4. The van der Waals surface area contributed by atoms with Crippen LogP contribution in [0.1, 0.15) is 53.9 Å². The lowest BCUT2D eigenvalue weighted by atomic mass is 9.46. The summed E-state index contributed by atoms with van der Waals surface area (Å²) in [6.45, 7) is 8.65. The molecular formula is C22H30O7. The Hall–Kier alpha value is -1.57. The molecule has 0 heterocycles. The Bertz CT molecular complexity index is 842. The van der Waals surface area contributed by atoms with Gasteiger partial charge in [-0.2, -0.15) is 0 Å². The molecule has 0 bridgehead atoms. The first-order chi connectivity index (χ1) is 13.3. The molecule has 0 saturated heterocycles. The van der Waals surface area contributed by atoms with Crippen molar-refractivity contribution in [1.82, 2.24) is 0 Å². The summed E-state index contributed by atoms with van der Waals surface area (Å²) >= 11 is 0. The van der Waals surface area contributed by atoms with Crippen LogP contribution in [0.15, 0.2) is 11.1 Å². The van der Waals surface area contributed by atoms with E-state index in [1.165, 1.54) is 6.92 Å². The van der Waals surface area contributed by atoms with E-state index in [0.717, 1.165) is 0 Å². The molecule has 4 rings (SSSR count). The number of hydrogen-bond acceptors (Lipinski definition) is 7. The molecule has 4 aliphatic rings. The molecule has 0 amide bonds. The first kappa shape index (κ1) is 20.7. The molecule has 0 aromatic heterocycles. The highest BCUT2D eigenvalue weighted by Gasteiger charge is 2.72. The molecule has 0 aliphatic heterocycles. The van der Waals surface area contributed by atoms with Gasteiger partial charge in [0.05, 0.1) is 11.5 Å². The fraction of sp³-hybridized carbons (Fsp3) is 0.773. The first-order valence-corrected chi connectivity index (χ1v) is 10.4. The van der Waals surface area contributed by atoms with Crippen molar-refractivity contribution >= 4 is 17.5 Å². The number of Topliss-reactive ketones (excluding diaryl/α,β-unsaturated/α-hetero) is 2. The largest absolute Gasteiger partial charge is 0.462 e. The predicted molar refractivity (Wildman–Crippen MR) is 101 cm³/mol. The van der Waals surface area contributed by atoms with Gasteiger partial charge in [0.1, 0.15) is 18.3 Å². The number of fused-ring (bicyclic) bond motifs is 2. The number of hydrogen-bond donors (Lipinski definition) is 3. The summed E-state index contributed by atoms with van der Waals surface area (Å²) in [6.07, 6.45) is -3.45. The minimum Gasteiger partial charge on any atom is -0.462 e. The molecule has 8 atom stereocenters. The second-order valence-corrected chi connectivity index (χ2v) is 10.3. The molecule has 3 N–H and O–H groups in total. The standard InChI is InChI=1S/C22H30O7/c1-9-8-22(9)18(27)12-13(15(25)19(22)28)21(5)7-6-11(29-10(2)23)20(3,4)17(21)16(26)14(12)24/h9,11,14,16-17,19,24,26,28H,6-8H2,1-5H3. The Morgan fingerprint density at radius 3 is 2.24 bits per heavy atom. The molecule has 2 saturated carbocycles. The maximum absolute atomic E-state index is 13.4. The molecular weight excluding hydrogens is 376 g/mol. The van der Waals surface area contributed by atoms with Crippen LogP contribution in [0, 0.1) is 28.1 Å². The summed E-state index contributed by atoms with van der Waals surface area (Å²) in [7, 11) is 0. The quantitative estimate of drug-likeness (QED) is 0.554. The van der Waals surface area contributed by atoms with Crippen molar-refractivity contribution in [3.63, 3.8) is 0 Å². The smallest absolute Gasteiger partial charge is 0.302 e. The van der Waals surface area contributed by atoms with Gasteiger partial charge in [-0.25, -0.2) is 0 Å². The third-order valence-electron chi connectivity index (χ3n) is 8.37. The average Bonchev–Trinajstić information content (AvgIpc) is 3.29. The van der Waals surface area contributed by atoms with Crippen molar-refractivity contribution < 1.29 is 34.4 Å². The van der Waals surface area contributed by atoms with Gasteiger partial charge in [-0.1, -0.05) is 27.7 Å². The lowest BCUT2D eigenvalue weighted by Crippen LogP contribution is -2.65. The summed E-state index contributed by atoms with van der Waals surface area (Å²) in [5.41, 5.74) is -2.69. The number of ether oxygens (including phenoxy) is 1. The van der Waals surface area contributed by atoms with Gasteiger partial charge < -0.3 is 20.1 Å². The molecule has 29 heavy (non-hydrogen) atoms. The fourth-order valence-electron chi connectivity index (χ4n) is 6.85. The van der Waals surface area contributed by atoms with Gasteiger partial charge in [-0.15, -0.1) is 0 Å². The van der Waals surface area contributed by atoms with Gasteiger partial charge in [0.2, 0.25) is 0 Å². The molecule has 7 heteroatoms. The SMILES string of the molecule is CC(=O)OC1CCC2(C)C3=C(C(=O)C4(CC4C)C(O)C3=O)C(O)C(O)C2C1(C)C. The molecule has 8 unspecified atom stereocenters. The predicted octanol–water partition coefficient (Wildman–Crippen LogP) is 0.931. The molecule has 160 valence electrons. The number of aliphatic hydroxyl groups is 3. The zero-order valence-electron chi connectivity index (χ0n) is 17.6. The lowest BCUT2D eigenvalue weighted by Gasteiger charge is -2.60. The van der Waals surface area contributed by atoms with Crippen molar-refractivity contribution in [2.45, 2.75) is 78.3 Å². The van der Waals surface area contributed by atoms with E-state index in [0.29, 0.717) is 19.3 Å². The van der Waals surface area contributed by atoms with Gasteiger partial charge in [-0.3, -0.25) is 14.4 Å². The van der Waals surface area contributed by atoms with Crippen molar-refractivity contribution in [3.8, 4) is 0 Å². The van der Waals surface area contributed by atoms with E-state index >= 15 is 0 Å². The van der Waals surface area contributed by atoms with Crippen LogP contribution in [0.2, 0.25) is 0 Å². The van der Waals surface area contributed by atoms with E-state index < -0.39 is 64.1 Å². The normalized spacial score (nSPS) is 48.3. The summed E-state index contributed by atoms with van der Waals surface area (Å²) in [6, 6.07) is 0. The van der Waals surface area contributed by atoms with Crippen LogP contribution in [0.5, 0.6) is 0 Å². The lowest BCUT2D eigenvalue weighted by molar-refractivity contribution is -0.188. The number of ketones is 2. The van der Waals surface area contributed by atoms with Crippen LogP contribution in [-0.2, 0) is 19.1 Å². The number of aliphatic hydroxyl groups excluding tert-OH is 3. The van der Waals surface area contributed by atoms with E-state index in [-0.39, 0.29) is 17.1 Å². The van der Waals surface area contributed by atoms with Crippen LogP contribution in [0.4, 0.5) is 0 Å². The zero-order chi connectivity index (χ0) is 21.7. The highest BCUT2D eigenvalue weighted by molar-refractivity contribution is 6.19. The Kier molecular flexibility index (Phi) is 4.27. The highest BCUT2D eigenvalue weighted by atomic mass is 16.5. The van der Waals surface area contributed by atoms with Crippen molar-refractivity contribution in [2.75, 3.05) is 0 Å². The van der Waals surface area contributed by atoms with Crippen molar-refractivity contribution in [2.24, 2.45) is 28.1 Å². The highest BCUT2D eigenvalue weighted by Crippen LogP contribution is 2.66. The molecule has 0 radical (unpaired) electrons. The van der Waals surface area contributed by atoms with E-state index in [4.69, 9.17) is 4.74 Å². The number of carbonyl (C=O) groups excluding carboxylic acids is 3. The Balaban J connectivity index is 1.88. The number of esters is 1. The minimum absolute atomic E-state index is 0.0161. The summed E-state index contributed by atoms with van der Waals surface area (Å²) in [4.78, 5) is 38.3. The third kappa shape index (κ3) is 2.38. The monoisotopic (exact) mass is 406 g/mol. The van der Waals surface area contributed by atoms with Crippen molar-refractivity contribution in [1.29, 1.82) is 0 Å². The molecule has 0 aromatic carbocycles. The van der Waals surface area contributed by atoms with Crippen LogP contribution in [0.25, 0.3) is 0 Å². The van der Waals surface area contributed by atoms with Crippen LogP contribution in [-0.4, -0.2) is 57.3 Å². The van der Waals surface area contributed by atoms with Gasteiger partial charge in [-0.05, 0) is 25.2 Å². The maximum atomic E-state index is 13.4. The number of carbonyl (C=O) groups is 3. The summed E-state index contributed by atoms with van der Waals surface area (Å²) in [5.74, 6) is -2.12. The Morgan fingerprint density at radius 1 is 1.14 bits per heavy atom. The zero-order valence-corrected chi connectivity index (χ0v) is 17.6. The van der Waals surface area contributed by atoms with E-state index in [2.05, 4.69) is 0 Å². The molecule has 7 nitrogen and oxygen atoms in total. The average molecular weight is 406 g/mol. The second kappa shape index (κ2) is 5.99. The Morgan fingerprint density at radius 2 is 1.72 bits per heavy atom. The fourth-order valence-corrected chi connectivity index (χ4v) is 6.85. The van der Waals surface area contributed by atoms with E-state index in [1.54, 1.807) is 0 Å². The molecule has 4 aliphatic carbocycles. The Labute approximate surface area is 170 Å². The molecule has 2 fully saturated rings. The summed E-state index contributed by atoms with van der Waals surface area (Å²) in [5, 5.41) is 32.9. The van der Waals surface area contributed by atoms with Gasteiger partial charge in [0, 0.05) is 34.8 Å². The van der Waals surface area contributed by atoms with Gasteiger partial charge in [0.25, 0.3) is 0 Å². The third-order valence-corrected chi connectivity index (χ3v) is 8.37. The van der Waals surface area contributed by atoms with E-state index in [1.807, 2.05) is 27.7 Å². The van der Waals surface area contributed by atoms with Crippen LogP contribution >= 0.6 is 0 Å². The van der Waals surface area contributed by atoms with Crippen LogP contribution in [0.3, 0.4) is 0 Å². The maximum Gasteiger partial charge on any atom is 0.302 e. The number of rotatable bonds is 1. The summed E-state index contributed by atoms with van der Waals surface area (Å²) < 4.78 is 5.50. The van der Waals surface area contributed by atoms with Gasteiger partial charge >= 0.3 is 5.97 Å². The van der Waals surface area contributed by atoms with Crippen LogP contribution < -0.4 is 0 Å². The van der Waals surface area contributed by atoms with Gasteiger partial charge in [0.15, 0.2) is 11.6 Å². The van der Waals surface area contributed by atoms with E-state index in [9.17, 15) is 29.7 Å². The molecule has 1 spiro atoms. The second-order valence-electron chi connectivity index (χ2n) is 10.3.